The summed E-state index contributed by atoms with van der Waals surface area (Å²) >= 11 is 0. The summed E-state index contributed by atoms with van der Waals surface area (Å²) in [7, 11) is 0. The van der Waals surface area contributed by atoms with Crippen molar-refractivity contribution >= 4 is 5.78 Å². The Kier molecular flexibility index (Phi) is 2.29. The quantitative estimate of drug-likeness (QED) is 0.503. The van der Waals surface area contributed by atoms with Crippen LogP contribution in [-0.2, 0) is 4.79 Å². The number of carbonyl (C=O) groups excluding carboxylic acids is 1. The fourth-order valence-corrected chi connectivity index (χ4v) is 2.37. The van der Waals surface area contributed by atoms with Gasteiger partial charge in [-0.1, -0.05) is 11.1 Å². The van der Waals surface area contributed by atoms with E-state index in [-0.39, 0.29) is 0 Å². The molecule has 0 atom stereocenters. The summed E-state index contributed by atoms with van der Waals surface area (Å²) in [6, 6.07) is 0. The molecule has 0 aromatic heterocycles. The van der Waals surface area contributed by atoms with Crippen LogP contribution in [-0.4, -0.2) is 5.78 Å². The average Bonchev–Trinajstić information content (AvgIpc) is 2.42. The second-order valence-corrected chi connectivity index (χ2v) is 3.98. The third-order valence-electron chi connectivity index (χ3n) is 3.05. The van der Waals surface area contributed by atoms with Crippen LogP contribution in [0.4, 0.5) is 0 Å². The molecule has 0 unspecified atom stereocenters. The normalized spacial score (nSPS) is 25.2. The van der Waals surface area contributed by atoms with E-state index >= 15 is 0 Å². The van der Waals surface area contributed by atoms with Crippen LogP contribution in [0.1, 0.15) is 51.4 Å². The Bertz CT molecular complexity index is 225. The molecule has 2 rings (SSSR count). The fourth-order valence-electron chi connectivity index (χ4n) is 2.37. The molecule has 0 fully saturated rings. The first-order valence-corrected chi connectivity index (χ1v) is 5.08. The summed E-state index contributed by atoms with van der Waals surface area (Å²) in [5.41, 5.74) is 3.13. The van der Waals surface area contributed by atoms with Crippen LogP contribution in [0.25, 0.3) is 0 Å². The number of allylic oxidation sites excluding steroid dienone is 2. The number of Topliss-reactive ketones (excluding diaryl/α,β-unsaturated/α-hetero) is 1. The van der Waals surface area contributed by atoms with Crippen LogP contribution < -0.4 is 0 Å². The standard InChI is InChI=1S/C11H16O/c12-11-7-2-1-4-9-5-3-6-10(9)8-11/h1-8H2. The molecule has 0 radical (unpaired) electrons. The molecule has 0 heterocycles. The summed E-state index contributed by atoms with van der Waals surface area (Å²) in [5, 5.41) is 0. The lowest BCUT2D eigenvalue weighted by atomic mass is 9.95. The largest absolute Gasteiger partial charge is 0.299 e. The molecule has 66 valence electrons. The van der Waals surface area contributed by atoms with Gasteiger partial charge in [-0.3, -0.25) is 4.79 Å². The molecule has 2 aliphatic carbocycles. The monoisotopic (exact) mass is 164 g/mol. The average molecular weight is 164 g/mol. The van der Waals surface area contributed by atoms with Crippen LogP contribution in [0.5, 0.6) is 0 Å². The van der Waals surface area contributed by atoms with Crippen LogP contribution in [0.2, 0.25) is 0 Å². The van der Waals surface area contributed by atoms with Gasteiger partial charge in [-0.15, -0.1) is 0 Å². The number of hydrogen-bond acceptors (Lipinski definition) is 1. The predicted molar refractivity (Wildman–Crippen MR) is 49.0 cm³/mol. The van der Waals surface area contributed by atoms with E-state index in [0.29, 0.717) is 5.78 Å². The summed E-state index contributed by atoms with van der Waals surface area (Å²) < 4.78 is 0. The third-order valence-corrected chi connectivity index (χ3v) is 3.05. The van der Waals surface area contributed by atoms with Crippen molar-refractivity contribution in [1.29, 1.82) is 0 Å². The number of rotatable bonds is 0. The summed E-state index contributed by atoms with van der Waals surface area (Å²) in [4.78, 5) is 11.3. The highest BCUT2D eigenvalue weighted by molar-refractivity contribution is 5.81. The van der Waals surface area contributed by atoms with Crippen molar-refractivity contribution in [3.05, 3.63) is 11.1 Å². The van der Waals surface area contributed by atoms with Crippen molar-refractivity contribution in [3.8, 4) is 0 Å². The van der Waals surface area contributed by atoms with Crippen LogP contribution in [0, 0.1) is 0 Å². The van der Waals surface area contributed by atoms with Gasteiger partial charge in [0.25, 0.3) is 0 Å². The first-order valence-electron chi connectivity index (χ1n) is 5.08. The van der Waals surface area contributed by atoms with E-state index < -0.39 is 0 Å². The molecule has 0 saturated carbocycles. The molecule has 0 aliphatic heterocycles. The van der Waals surface area contributed by atoms with E-state index in [1.54, 1.807) is 5.57 Å². The Morgan fingerprint density at radius 3 is 2.33 bits per heavy atom. The van der Waals surface area contributed by atoms with Gasteiger partial charge in [0.1, 0.15) is 5.78 Å². The van der Waals surface area contributed by atoms with E-state index in [1.165, 1.54) is 37.7 Å². The second kappa shape index (κ2) is 3.42. The Morgan fingerprint density at radius 2 is 1.42 bits per heavy atom. The van der Waals surface area contributed by atoms with Crippen molar-refractivity contribution in [2.75, 3.05) is 0 Å². The molecular formula is C11H16O. The summed E-state index contributed by atoms with van der Waals surface area (Å²) in [6.07, 6.45) is 9.05. The smallest absolute Gasteiger partial charge is 0.136 e. The molecule has 2 aliphatic rings. The van der Waals surface area contributed by atoms with Crippen LogP contribution >= 0.6 is 0 Å². The van der Waals surface area contributed by atoms with Gasteiger partial charge < -0.3 is 0 Å². The zero-order chi connectivity index (χ0) is 8.39. The SMILES string of the molecule is O=C1CCCCC2=C(CCC2)C1. The minimum atomic E-state index is 0.476. The number of hydrogen-bond donors (Lipinski definition) is 0. The van der Waals surface area contributed by atoms with Gasteiger partial charge in [0.05, 0.1) is 0 Å². The van der Waals surface area contributed by atoms with Gasteiger partial charge in [-0.25, -0.2) is 0 Å². The highest BCUT2D eigenvalue weighted by Crippen LogP contribution is 2.33. The molecule has 0 aromatic rings. The summed E-state index contributed by atoms with van der Waals surface area (Å²) in [5.74, 6) is 0.476. The lowest BCUT2D eigenvalue weighted by molar-refractivity contribution is -0.118. The second-order valence-electron chi connectivity index (χ2n) is 3.98. The molecular weight excluding hydrogens is 148 g/mol. The van der Waals surface area contributed by atoms with Crippen LogP contribution in [0.15, 0.2) is 11.1 Å². The van der Waals surface area contributed by atoms with Gasteiger partial charge in [0.2, 0.25) is 0 Å². The van der Waals surface area contributed by atoms with Crippen molar-refractivity contribution in [1.82, 2.24) is 0 Å². The zero-order valence-electron chi connectivity index (χ0n) is 7.57. The Labute approximate surface area is 73.8 Å². The topological polar surface area (TPSA) is 17.1 Å². The van der Waals surface area contributed by atoms with Crippen molar-refractivity contribution in [3.63, 3.8) is 0 Å². The van der Waals surface area contributed by atoms with Gasteiger partial charge in [-0.2, -0.15) is 0 Å². The maximum atomic E-state index is 11.3. The van der Waals surface area contributed by atoms with Crippen molar-refractivity contribution < 1.29 is 4.79 Å². The highest BCUT2D eigenvalue weighted by Gasteiger charge is 2.18. The van der Waals surface area contributed by atoms with Gasteiger partial charge in [0, 0.05) is 12.8 Å². The minimum absolute atomic E-state index is 0.476. The molecule has 0 N–H and O–H groups in total. The maximum absolute atomic E-state index is 11.3. The molecule has 1 nitrogen and oxygen atoms in total. The zero-order valence-corrected chi connectivity index (χ0v) is 7.57. The summed E-state index contributed by atoms with van der Waals surface area (Å²) in [6.45, 7) is 0. The first-order chi connectivity index (χ1) is 5.86. The molecule has 0 bridgehead atoms. The maximum Gasteiger partial charge on any atom is 0.136 e. The molecule has 0 saturated heterocycles. The molecule has 1 heteroatoms. The van der Waals surface area contributed by atoms with E-state index in [0.717, 1.165) is 19.3 Å². The molecule has 0 spiro atoms. The van der Waals surface area contributed by atoms with Crippen molar-refractivity contribution in [2.24, 2.45) is 0 Å². The van der Waals surface area contributed by atoms with Gasteiger partial charge in [-0.05, 0) is 38.5 Å². The van der Waals surface area contributed by atoms with Crippen molar-refractivity contribution in [2.45, 2.75) is 51.4 Å². The lowest BCUT2D eigenvalue weighted by Crippen LogP contribution is -2.03. The molecule has 12 heavy (non-hydrogen) atoms. The molecule has 0 amide bonds. The van der Waals surface area contributed by atoms with E-state index in [4.69, 9.17) is 0 Å². The predicted octanol–water partition coefficient (Wildman–Crippen LogP) is 3.00. The van der Waals surface area contributed by atoms with Gasteiger partial charge >= 0.3 is 0 Å². The lowest BCUT2D eigenvalue weighted by Gasteiger charge is -2.10. The van der Waals surface area contributed by atoms with E-state index in [1.807, 2.05) is 0 Å². The molecule has 0 aromatic carbocycles. The third kappa shape index (κ3) is 1.60. The van der Waals surface area contributed by atoms with E-state index in [9.17, 15) is 4.79 Å². The highest BCUT2D eigenvalue weighted by atomic mass is 16.1. The Balaban J connectivity index is 2.13. The van der Waals surface area contributed by atoms with E-state index in [2.05, 4.69) is 0 Å². The van der Waals surface area contributed by atoms with Gasteiger partial charge in [0.15, 0.2) is 0 Å². The minimum Gasteiger partial charge on any atom is -0.299 e. The van der Waals surface area contributed by atoms with Crippen LogP contribution in [0.3, 0.4) is 0 Å². The fraction of sp³-hybridized carbons (Fsp3) is 0.727. The Hall–Kier alpha value is -0.590. The first kappa shape index (κ1) is 8.03. The Morgan fingerprint density at radius 1 is 0.750 bits per heavy atom. The number of carbonyl (C=O) groups is 1. The number of ketones is 1.